The number of nitro groups is 1. The van der Waals surface area contributed by atoms with Crippen LogP contribution >= 0.6 is 0 Å². The first-order valence-corrected chi connectivity index (χ1v) is 8.01. The van der Waals surface area contributed by atoms with Gasteiger partial charge in [-0.05, 0) is 43.3 Å². The van der Waals surface area contributed by atoms with E-state index >= 15 is 0 Å². The van der Waals surface area contributed by atoms with Crippen molar-refractivity contribution in [2.75, 3.05) is 10.6 Å². The van der Waals surface area contributed by atoms with Crippen LogP contribution in [0.15, 0.2) is 42.5 Å². The highest BCUT2D eigenvalue weighted by Gasteiger charge is 2.21. The summed E-state index contributed by atoms with van der Waals surface area (Å²) < 4.78 is 18.4. The number of nitrogens with zero attached hydrogens (tertiary/aromatic N) is 1. The number of halogens is 1. The van der Waals surface area contributed by atoms with E-state index in [1.54, 1.807) is 0 Å². The second-order valence-corrected chi connectivity index (χ2v) is 5.72. The van der Waals surface area contributed by atoms with Crippen molar-refractivity contribution >= 4 is 34.8 Å². The first-order valence-electron chi connectivity index (χ1n) is 8.01. The molecule has 0 aliphatic heterocycles. The van der Waals surface area contributed by atoms with Crippen molar-refractivity contribution in [2.24, 2.45) is 0 Å². The van der Waals surface area contributed by atoms with Crippen LogP contribution in [0.5, 0.6) is 0 Å². The molecule has 2 amide bonds. The lowest BCUT2D eigenvalue weighted by Crippen LogP contribution is -2.30. The van der Waals surface area contributed by atoms with Crippen LogP contribution < -0.4 is 10.6 Å². The van der Waals surface area contributed by atoms with E-state index in [9.17, 15) is 28.9 Å². The predicted molar refractivity (Wildman–Crippen MR) is 97.3 cm³/mol. The van der Waals surface area contributed by atoms with Gasteiger partial charge in [-0.25, -0.2) is 4.79 Å². The summed E-state index contributed by atoms with van der Waals surface area (Å²) in [6.07, 6.45) is -1.22. The van der Waals surface area contributed by atoms with Crippen molar-refractivity contribution in [3.63, 3.8) is 0 Å². The summed E-state index contributed by atoms with van der Waals surface area (Å²) >= 11 is 0. The first-order chi connectivity index (χ1) is 13.2. The molecule has 28 heavy (non-hydrogen) atoms. The van der Waals surface area contributed by atoms with Crippen LogP contribution in [-0.2, 0) is 14.3 Å². The Kier molecular flexibility index (Phi) is 6.38. The molecule has 2 rings (SSSR count). The van der Waals surface area contributed by atoms with E-state index in [4.69, 9.17) is 4.74 Å². The maximum Gasteiger partial charge on any atom is 0.338 e. The maximum atomic E-state index is 13.3. The van der Waals surface area contributed by atoms with Crippen molar-refractivity contribution in [3.8, 4) is 0 Å². The Balaban J connectivity index is 2.00. The molecule has 0 fully saturated rings. The number of amides is 2. The lowest BCUT2D eigenvalue weighted by atomic mass is 10.2. The topological polar surface area (TPSA) is 128 Å². The molecular weight excluding hydrogens is 373 g/mol. The fraction of sp³-hybridized carbons (Fsp3) is 0.167. The molecule has 10 heteroatoms. The highest BCUT2D eigenvalue weighted by molar-refractivity contribution is 5.97. The Bertz CT molecular complexity index is 929. The Morgan fingerprint density at radius 1 is 1.07 bits per heavy atom. The number of anilines is 2. The average Bonchev–Trinajstić information content (AvgIpc) is 2.63. The zero-order valence-electron chi connectivity index (χ0n) is 14.9. The normalized spacial score (nSPS) is 11.2. The summed E-state index contributed by atoms with van der Waals surface area (Å²) in [5.74, 6) is -2.82. The Morgan fingerprint density at radius 3 is 2.25 bits per heavy atom. The molecule has 0 radical (unpaired) electrons. The molecule has 146 valence electrons. The van der Waals surface area contributed by atoms with Gasteiger partial charge in [-0.15, -0.1) is 0 Å². The summed E-state index contributed by atoms with van der Waals surface area (Å²) in [6, 6.07) is 8.70. The molecule has 0 unspecified atom stereocenters. The maximum absolute atomic E-state index is 13.3. The third-order valence-electron chi connectivity index (χ3n) is 3.50. The number of nitrogens with one attached hydrogen (secondary N) is 2. The zero-order valence-corrected chi connectivity index (χ0v) is 14.9. The number of esters is 1. The molecule has 0 spiro atoms. The highest BCUT2D eigenvalue weighted by atomic mass is 19.1. The summed E-state index contributed by atoms with van der Waals surface area (Å²) in [5.41, 5.74) is -0.152. The third-order valence-corrected chi connectivity index (χ3v) is 3.50. The van der Waals surface area contributed by atoms with Crippen molar-refractivity contribution in [1.82, 2.24) is 0 Å². The van der Waals surface area contributed by atoms with E-state index in [0.717, 1.165) is 18.2 Å². The molecule has 0 saturated carbocycles. The summed E-state index contributed by atoms with van der Waals surface area (Å²) in [7, 11) is 0. The van der Waals surface area contributed by atoms with Crippen LogP contribution in [0.3, 0.4) is 0 Å². The molecule has 0 aromatic heterocycles. The van der Waals surface area contributed by atoms with Crippen LogP contribution in [0.4, 0.5) is 21.5 Å². The van der Waals surface area contributed by atoms with Gasteiger partial charge in [-0.1, -0.05) is 0 Å². The van der Waals surface area contributed by atoms with E-state index in [-0.39, 0.29) is 17.2 Å². The summed E-state index contributed by atoms with van der Waals surface area (Å²) in [6.45, 7) is 2.66. The minimum absolute atomic E-state index is 0.0133. The monoisotopic (exact) mass is 389 g/mol. The van der Waals surface area contributed by atoms with Crippen molar-refractivity contribution < 1.29 is 28.4 Å². The summed E-state index contributed by atoms with van der Waals surface area (Å²) in [5, 5.41) is 15.6. The largest absolute Gasteiger partial charge is 0.449 e. The lowest BCUT2D eigenvalue weighted by molar-refractivity contribution is -0.387. The van der Waals surface area contributed by atoms with E-state index in [0.29, 0.717) is 5.69 Å². The zero-order chi connectivity index (χ0) is 20.8. The van der Waals surface area contributed by atoms with Crippen molar-refractivity contribution in [1.29, 1.82) is 0 Å². The molecule has 0 saturated heterocycles. The average molecular weight is 389 g/mol. The number of carbonyl (C=O) groups excluding carboxylic acids is 3. The van der Waals surface area contributed by atoms with Gasteiger partial charge in [0.15, 0.2) is 6.10 Å². The number of hydrogen-bond donors (Lipinski definition) is 2. The van der Waals surface area contributed by atoms with Crippen LogP contribution in [-0.4, -0.2) is 28.8 Å². The Hall–Kier alpha value is -3.82. The van der Waals surface area contributed by atoms with E-state index < -0.39 is 34.4 Å². The molecule has 0 heterocycles. The minimum atomic E-state index is -1.22. The molecule has 0 aliphatic carbocycles. The molecule has 2 N–H and O–H groups in total. The summed E-state index contributed by atoms with van der Waals surface area (Å²) in [4.78, 5) is 45.0. The van der Waals surface area contributed by atoms with Gasteiger partial charge in [0.05, 0.1) is 10.5 Å². The smallest absolute Gasteiger partial charge is 0.338 e. The number of ether oxygens (including phenoxy) is 1. The van der Waals surface area contributed by atoms with Crippen LogP contribution in [0.2, 0.25) is 0 Å². The van der Waals surface area contributed by atoms with E-state index in [2.05, 4.69) is 10.6 Å². The fourth-order valence-corrected chi connectivity index (χ4v) is 2.15. The van der Waals surface area contributed by atoms with Gasteiger partial charge in [0.25, 0.3) is 5.91 Å². The van der Waals surface area contributed by atoms with Crippen molar-refractivity contribution in [3.05, 3.63) is 64.0 Å². The first kappa shape index (κ1) is 20.5. The van der Waals surface area contributed by atoms with E-state index in [1.165, 1.54) is 38.1 Å². The van der Waals surface area contributed by atoms with Gasteiger partial charge >= 0.3 is 11.7 Å². The molecule has 0 bridgehead atoms. The molecular formula is C18H16FN3O6. The van der Waals surface area contributed by atoms with Crippen LogP contribution in [0.25, 0.3) is 0 Å². The number of carbonyl (C=O) groups is 3. The van der Waals surface area contributed by atoms with Crippen LogP contribution in [0, 0.1) is 15.9 Å². The van der Waals surface area contributed by atoms with Gasteiger partial charge in [0.2, 0.25) is 11.7 Å². The number of benzene rings is 2. The molecule has 2 aromatic carbocycles. The SMILES string of the molecule is CC(=O)Nc1ccc(C(=O)O[C@@H](C)C(=O)Nc2ccc(F)c([N+](=O)[O-])c2)cc1. The number of rotatable bonds is 6. The molecule has 9 nitrogen and oxygen atoms in total. The van der Waals surface area contributed by atoms with Gasteiger partial charge < -0.3 is 15.4 Å². The van der Waals surface area contributed by atoms with Gasteiger partial charge in [0.1, 0.15) is 0 Å². The molecule has 2 aromatic rings. The van der Waals surface area contributed by atoms with Crippen LogP contribution in [0.1, 0.15) is 24.2 Å². The van der Waals surface area contributed by atoms with Gasteiger partial charge in [-0.2, -0.15) is 4.39 Å². The van der Waals surface area contributed by atoms with E-state index in [1.807, 2.05) is 0 Å². The lowest BCUT2D eigenvalue weighted by Gasteiger charge is -2.14. The second-order valence-electron chi connectivity index (χ2n) is 5.72. The Labute approximate surface area is 158 Å². The predicted octanol–water partition coefficient (Wildman–Crippen LogP) is 2.88. The fourth-order valence-electron chi connectivity index (χ4n) is 2.15. The molecule has 0 aliphatic rings. The third kappa shape index (κ3) is 5.34. The van der Waals surface area contributed by atoms with Gasteiger partial charge in [-0.3, -0.25) is 19.7 Å². The number of nitro benzene ring substituents is 1. The Morgan fingerprint density at radius 2 is 1.68 bits per heavy atom. The minimum Gasteiger partial charge on any atom is -0.449 e. The quantitative estimate of drug-likeness (QED) is 0.444. The highest BCUT2D eigenvalue weighted by Crippen LogP contribution is 2.22. The second kappa shape index (κ2) is 8.71. The standard InChI is InChI=1S/C18H16FN3O6/c1-10(17(24)21-14-7-8-15(19)16(9-14)22(26)27)28-18(25)12-3-5-13(6-4-12)20-11(2)23/h3-10H,1-2H3,(H,20,23)(H,21,24)/t10-/m0/s1. The number of hydrogen-bond acceptors (Lipinski definition) is 6. The van der Waals surface area contributed by atoms with Gasteiger partial charge in [0, 0.05) is 24.4 Å². The van der Waals surface area contributed by atoms with Crippen molar-refractivity contribution in [2.45, 2.75) is 20.0 Å². The molecule has 1 atom stereocenters.